The fourth-order valence-electron chi connectivity index (χ4n) is 6.69. The molecule has 0 fully saturated rings. The van der Waals surface area contributed by atoms with Crippen LogP contribution < -0.4 is 0 Å². The molecule has 0 aliphatic heterocycles. The van der Waals surface area contributed by atoms with Gasteiger partial charge in [0.15, 0.2) is 0 Å². The summed E-state index contributed by atoms with van der Waals surface area (Å²) < 4.78 is 0. The molecule has 0 atom stereocenters. The van der Waals surface area contributed by atoms with Gasteiger partial charge in [-0.3, -0.25) is 0 Å². The molecule has 0 heteroatoms. The lowest BCUT2D eigenvalue weighted by molar-refractivity contribution is 1.57. The summed E-state index contributed by atoms with van der Waals surface area (Å²) in [6, 6.07) is 61.7. The minimum absolute atomic E-state index is 1.22. The Balaban J connectivity index is 1.54. The lowest BCUT2D eigenvalue weighted by atomic mass is 9.81. The Morgan fingerprint density at radius 3 is 1.24 bits per heavy atom. The van der Waals surface area contributed by atoms with Crippen molar-refractivity contribution in [2.24, 2.45) is 0 Å². The first kappa shape index (κ1) is 24.3. The van der Waals surface area contributed by atoms with Crippen molar-refractivity contribution in [3.8, 4) is 44.5 Å². The van der Waals surface area contributed by atoms with Gasteiger partial charge in [-0.1, -0.05) is 170 Å². The van der Waals surface area contributed by atoms with Crippen molar-refractivity contribution >= 4 is 32.3 Å². The quantitative estimate of drug-likeness (QED) is 0.198. The van der Waals surface area contributed by atoms with E-state index in [1.807, 2.05) is 0 Å². The van der Waals surface area contributed by atoms with Crippen LogP contribution >= 0.6 is 0 Å². The van der Waals surface area contributed by atoms with E-state index < -0.39 is 0 Å². The van der Waals surface area contributed by atoms with Crippen molar-refractivity contribution in [3.05, 3.63) is 170 Å². The average Bonchev–Trinajstić information content (AvgIpc) is 3.07. The van der Waals surface area contributed by atoms with Gasteiger partial charge in [-0.25, -0.2) is 0 Å². The van der Waals surface area contributed by atoms with E-state index in [4.69, 9.17) is 0 Å². The molecule has 0 amide bonds. The van der Waals surface area contributed by atoms with Gasteiger partial charge in [0.25, 0.3) is 0 Å². The van der Waals surface area contributed by atoms with E-state index >= 15 is 0 Å². The van der Waals surface area contributed by atoms with Gasteiger partial charge in [0.1, 0.15) is 0 Å². The lowest BCUT2D eigenvalue weighted by Gasteiger charge is -2.22. The third-order valence-electron chi connectivity index (χ3n) is 8.47. The van der Waals surface area contributed by atoms with Crippen LogP contribution in [0, 0.1) is 0 Å². The Bertz CT molecular complexity index is 2160. The second-order valence-corrected chi connectivity index (χ2v) is 10.8. The Hall–Kier alpha value is -5.46. The van der Waals surface area contributed by atoms with Crippen LogP contribution in [0.3, 0.4) is 0 Å². The summed E-state index contributed by atoms with van der Waals surface area (Å²) in [5.74, 6) is 0. The highest BCUT2D eigenvalue weighted by Crippen LogP contribution is 2.48. The maximum absolute atomic E-state index is 2.31. The molecular formula is C42H28. The molecule has 8 rings (SSSR count). The predicted molar refractivity (Wildman–Crippen MR) is 181 cm³/mol. The van der Waals surface area contributed by atoms with Crippen LogP contribution in [-0.4, -0.2) is 0 Å². The molecule has 0 aliphatic rings. The molecule has 0 radical (unpaired) electrons. The third kappa shape index (κ3) is 3.92. The number of hydrogen-bond donors (Lipinski definition) is 0. The van der Waals surface area contributed by atoms with E-state index in [1.54, 1.807) is 0 Å². The molecule has 0 saturated heterocycles. The first-order valence-electron chi connectivity index (χ1n) is 14.5. The maximum atomic E-state index is 2.31. The number of hydrogen-bond acceptors (Lipinski definition) is 0. The van der Waals surface area contributed by atoms with Crippen molar-refractivity contribution < 1.29 is 0 Å². The van der Waals surface area contributed by atoms with Gasteiger partial charge >= 0.3 is 0 Å². The van der Waals surface area contributed by atoms with Crippen LogP contribution in [0.4, 0.5) is 0 Å². The van der Waals surface area contributed by atoms with Gasteiger partial charge in [-0.2, -0.15) is 0 Å². The van der Waals surface area contributed by atoms with E-state index in [9.17, 15) is 0 Å². The zero-order valence-corrected chi connectivity index (χ0v) is 23.2. The Kier molecular flexibility index (Phi) is 5.90. The van der Waals surface area contributed by atoms with Crippen LogP contribution in [0.15, 0.2) is 170 Å². The SMILES string of the molecule is c1ccc(-c2cccc(-c3c4ccccc4c(-c4cccc5ccccc45)c4ccccc34)c2-c2ccccc2)cc1. The van der Waals surface area contributed by atoms with Gasteiger partial charge in [-0.15, -0.1) is 0 Å². The molecular weight excluding hydrogens is 504 g/mol. The van der Waals surface area contributed by atoms with E-state index in [0.717, 1.165) is 0 Å². The molecule has 0 spiro atoms. The first-order chi connectivity index (χ1) is 20.9. The molecule has 0 heterocycles. The van der Waals surface area contributed by atoms with Crippen molar-refractivity contribution in [1.29, 1.82) is 0 Å². The number of fused-ring (bicyclic) bond motifs is 3. The Labute approximate surface area is 246 Å². The molecule has 0 N–H and O–H groups in total. The van der Waals surface area contributed by atoms with Crippen LogP contribution in [0.1, 0.15) is 0 Å². The van der Waals surface area contributed by atoms with Gasteiger partial charge in [0.2, 0.25) is 0 Å². The smallest absolute Gasteiger partial charge is 0.00199 e. The maximum Gasteiger partial charge on any atom is -0.00199 e. The van der Waals surface area contributed by atoms with Crippen molar-refractivity contribution in [2.75, 3.05) is 0 Å². The van der Waals surface area contributed by atoms with Crippen molar-refractivity contribution in [1.82, 2.24) is 0 Å². The first-order valence-corrected chi connectivity index (χ1v) is 14.5. The van der Waals surface area contributed by atoms with Crippen LogP contribution in [0.5, 0.6) is 0 Å². The predicted octanol–water partition coefficient (Wildman–Crippen LogP) is 11.8. The summed E-state index contributed by atoms with van der Waals surface area (Å²) in [4.78, 5) is 0. The highest BCUT2D eigenvalue weighted by atomic mass is 14.2. The molecule has 0 bridgehead atoms. The normalized spacial score (nSPS) is 11.3. The minimum Gasteiger partial charge on any atom is -0.0622 e. The largest absolute Gasteiger partial charge is 0.0622 e. The summed E-state index contributed by atoms with van der Waals surface area (Å²) in [6.07, 6.45) is 0. The molecule has 0 nitrogen and oxygen atoms in total. The van der Waals surface area contributed by atoms with Crippen LogP contribution in [0.25, 0.3) is 76.8 Å². The minimum atomic E-state index is 1.22. The molecule has 42 heavy (non-hydrogen) atoms. The molecule has 196 valence electrons. The van der Waals surface area contributed by atoms with Crippen molar-refractivity contribution in [2.45, 2.75) is 0 Å². The summed E-state index contributed by atoms with van der Waals surface area (Å²) >= 11 is 0. The third-order valence-corrected chi connectivity index (χ3v) is 8.47. The standard InChI is InChI=1S/C42H28/c1-3-15-30(16-4-1)33-26-14-28-39(40(33)31-18-5-2-6-19-31)42-37-24-11-9-22-35(37)41(36-23-10-12-25-38(36)42)34-27-13-20-29-17-7-8-21-32(29)34/h1-28H. The molecule has 0 unspecified atom stereocenters. The van der Waals surface area contributed by atoms with Crippen molar-refractivity contribution in [3.63, 3.8) is 0 Å². The average molecular weight is 533 g/mol. The second kappa shape index (κ2) is 10.2. The Morgan fingerprint density at radius 2 is 0.619 bits per heavy atom. The van der Waals surface area contributed by atoms with E-state index in [-0.39, 0.29) is 0 Å². The van der Waals surface area contributed by atoms with Gasteiger partial charge < -0.3 is 0 Å². The fourth-order valence-corrected chi connectivity index (χ4v) is 6.69. The fraction of sp³-hybridized carbons (Fsp3) is 0. The molecule has 0 aliphatic carbocycles. The Morgan fingerprint density at radius 1 is 0.214 bits per heavy atom. The van der Waals surface area contributed by atoms with E-state index in [1.165, 1.54) is 76.8 Å². The molecule has 0 aromatic heterocycles. The van der Waals surface area contributed by atoms with Crippen LogP contribution in [0.2, 0.25) is 0 Å². The van der Waals surface area contributed by atoms with E-state index in [0.29, 0.717) is 0 Å². The molecule has 8 aromatic carbocycles. The zero-order chi connectivity index (χ0) is 27.9. The molecule has 8 aromatic rings. The van der Waals surface area contributed by atoms with E-state index in [2.05, 4.69) is 170 Å². The number of benzene rings is 8. The molecule has 0 saturated carbocycles. The van der Waals surface area contributed by atoms with Gasteiger partial charge in [0.05, 0.1) is 0 Å². The van der Waals surface area contributed by atoms with Gasteiger partial charge in [-0.05, 0) is 76.8 Å². The summed E-state index contributed by atoms with van der Waals surface area (Å²) in [7, 11) is 0. The topological polar surface area (TPSA) is 0 Å². The number of rotatable bonds is 4. The second-order valence-electron chi connectivity index (χ2n) is 10.8. The van der Waals surface area contributed by atoms with Crippen LogP contribution in [-0.2, 0) is 0 Å². The summed E-state index contributed by atoms with van der Waals surface area (Å²) in [5.41, 5.74) is 10.0. The zero-order valence-electron chi connectivity index (χ0n) is 23.2. The summed E-state index contributed by atoms with van der Waals surface area (Å²) in [6.45, 7) is 0. The monoisotopic (exact) mass is 532 g/mol. The summed E-state index contributed by atoms with van der Waals surface area (Å²) in [5, 5.41) is 7.61. The highest BCUT2D eigenvalue weighted by molar-refractivity contribution is 6.24. The lowest BCUT2D eigenvalue weighted by Crippen LogP contribution is -1.95. The highest BCUT2D eigenvalue weighted by Gasteiger charge is 2.21. The van der Waals surface area contributed by atoms with Gasteiger partial charge in [0, 0.05) is 0 Å².